The summed E-state index contributed by atoms with van der Waals surface area (Å²) < 4.78 is 31.4. The van der Waals surface area contributed by atoms with E-state index in [1.807, 2.05) is 42.3 Å². The molecule has 0 atom stereocenters. The molecule has 0 saturated carbocycles. The number of rotatable bonds is 9. The van der Waals surface area contributed by atoms with Crippen LogP contribution in [0.3, 0.4) is 0 Å². The van der Waals surface area contributed by atoms with Crippen molar-refractivity contribution < 1.29 is 17.9 Å². The lowest BCUT2D eigenvalue weighted by Crippen LogP contribution is -2.52. The molecule has 0 unspecified atom stereocenters. The Balaban J connectivity index is 1.81. The van der Waals surface area contributed by atoms with Crippen molar-refractivity contribution in [3.8, 4) is 0 Å². The van der Waals surface area contributed by atoms with Gasteiger partial charge in [0.25, 0.3) is 0 Å². The van der Waals surface area contributed by atoms with E-state index >= 15 is 0 Å². The zero-order valence-corrected chi connectivity index (χ0v) is 16.9. The lowest BCUT2D eigenvalue weighted by Gasteiger charge is -2.34. The third-order valence-corrected chi connectivity index (χ3v) is 6.04. The van der Waals surface area contributed by atoms with Crippen molar-refractivity contribution in [3.05, 3.63) is 41.3 Å². The van der Waals surface area contributed by atoms with Crippen LogP contribution in [-0.2, 0) is 19.6 Å². The van der Waals surface area contributed by atoms with E-state index in [1.165, 1.54) is 9.71 Å². The van der Waals surface area contributed by atoms with Crippen molar-refractivity contribution in [1.82, 2.24) is 14.1 Å². The van der Waals surface area contributed by atoms with Crippen LogP contribution in [-0.4, -0.2) is 88.5 Å². The first-order valence-electron chi connectivity index (χ1n) is 9.11. The molecular weight excluding hydrogens is 366 g/mol. The van der Waals surface area contributed by atoms with Gasteiger partial charge in [0, 0.05) is 51.8 Å². The maximum Gasteiger partial charge on any atom is 0.236 e. The van der Waals surface area contributed by atoms with Gasteiger partial charge in [-0.1, -0.05) is 30.3 Å². The highest BCUT2D eigenvalue weighted by molar-refractivity contribution is 7.92. The zero-order chi connectivity index (χ0) is 19.7. The second kappa shape index (κ2) is 10.6. The van der Waals surface area contributed by atoms with Crippen molar-refractivity contribution in [2.75, 3.05) is 60.0 Å². The molecule has 27 heavy (non-hydrogen) atoms. The van der Waals surface area contributed by atoms with Gasteiger partial charge in [0.1, 0.15) is 0 Å². The van der Waals surface area contributed by atoms with Crippen molar-refractivity contribution in [2.45, 2.75) is 6.42 Å². The quantitative estimate of drug-likeness (QED) is 0.586. The van der Waals surface area contributed by atoms with Gasteiger partial charge in [0.2, 0.25) is 15.9 Å². The molecular formula is C19H29N3O4S. The summed E-state index contributed by atoms with van der Waals surface area (Å²) in [6.07, 6.45) is 2.47. The normalized spacial score (nSPS) is 16.3. The Morgan fingerprint density at radius 3 is 2.48 bits per heavy atom. The summed E-state index contributed by atoms with van der Waals surface area (Å²) >= 11 is 0. The minimum Gasteiger partial charge on any atom is -0.385 e. The number of amides is 1. The molecule has 1 heterocycles. The minimum absolute atomic E-state index is 0.0341. The Morgan fingerprint density at radius 1 is 1.19 bits per heavy atom. The van der Waals surface area contributed by atoms with Gasteiger partial charge in [-0.05, 0) is 25.1 Å². The summed E-state index contributed by atoms with van der Waals surface area (Å²) in [4.78, 5) is 16.1. The van der Waals surface area contributed by atoms with Crippen molar-refractivity contribution in [1.29, 1.82) is 0 Å². The second-order valence-corrected chi connectivity index (χ2v) is 8.44. The molecule has 1 aliphatic heterocycles. The summed E-state index contributed by atoms with van der Waals surface area (Å²) in [7, 11) is 0.0877. The van der Waals surface area contributed by atoms with E-state index in [0.29, 0.717) is 39.3 Å². The van der Waals surface area contributed by atoms with Crippen LogP contribution in [0.25, 0.3) is 6.08 Å². The molecule has 1 fully saturated rings. The summed E-state index contributed by atoms with van der Waals surface area (Å²) in [6, 6.07) is 9.32. The van der Waals surface area contributed by atoms with Gasteiger partial charge in [0.05, 0.1) is 6.54 Å². The molecule has 1 aromatic rings. The predicted molar refractivity (Wildman–Crippen MR) is 107 cm³/mol. The number of likely N-dealkylation sites (N-methyl/N-ethyl adjacent to an activating group) is 1. The number of hydrogen-bond acceptors (Lipinski definition) is 5. The summed E-state index contributed by atoms with van der Waals surface area (Å²) in [5.41, 5.74) is 0.839. The van der Waals surface area contributed by atoms with Gasteiger partial charge in [-0.15, -0.1) is 0 Å². The number of carbonyl (C=O) groups is 1. The number of piperazine rings is 1. The maximum atomic E-state index is 12.5. The highest BCUT2D eigenvalue weighted by Gasteiger charge is 2.27. The second-order valence-electron chi connectivity index (χ2n) is 6.62. The smallest absolute Gasteiger partial charge is 0.236 e. The number of hydrogen-bond donors (Lipinski definition) is 0. The number of carbonyl (C=O) groups excluding carboxylic acids is 1. The molecule has 1 aromatic carbocycles. The van der Waals surface area contributed by atoms with Gasteiger partial charge < -0.3 is 9.64 Å². The molecule has 0 N–H and O–H groups in total. The van der Waals surface area contributed by atoms with E-state index in [-0.39, 0.29) is 5.91 Å². The maximum absolute atomic E-state index is 12.5. The summed E-state index contributed by atoms with van der Waals surface area (Å²) in [5.74, 6) is 0.0341. The highest BCUT2D eigenvalue weighted by Crippen LogP contribution is 2.12. The van der Waals surface area contributed by atoms with E-state index in [1.54, 1.807) is 18.1 Å². The third-order valence-electron chi connectivity index (χ3n) is 4.48. The van der Waals surface area contributed by atoms with E-state index in [2.05, 4.69) is 0 Å². The molecule has 0 radical (unpaired) electrons. The SMILES string of the molecule is COCCCN(C)CC(=O)N1CCN(S(=O)(=O)/C=C/c2ccccc2)CC1. The molecule has 0 bridgehead atoms. The number of nitrogens with zero attached hydrogens (tertiary/aromatic N) is 3. The highest BCUT2D eigenvalue weighted by atomic mass is 32.2. The zero-order valence-electron chi connectivity index (χ0n) is 16.1. The summed E-state index contributed by atoms with van der Waals surface area (Å²) in [5, 5.41) is 1.24. The lowest BCUT2D eigenvalue weighted by atomic mass is 10.2. The van der Waals surface area contributed by atoms with E-state index < -0.39 is 10.0 Å². The number of benzene rings is 1. The number of ether oxygens (including phenoxy) is 1. The lowest BCUT2D eigenvalue weighted by molar-refractivity contribution is -0.133. The topological polar surface area (TPSA) is 70.2 Å². The molecule has 2 rings (SSSR count). The van der Waals surface area contributed by atoms with Crippen LogP contribution in [0.1, 0.15) is 12.0 Å². The molecule has 7 nitrogen and oxygen atoms in total. The fourth-order valence-electron chi connectivity index (χ4n) is 2.90. The van der Waals surface area contributed by atoms with Crippen LogP contribution in [0.5, 0.6) is 0 Å². The Bertz CT molecular complexity index is 714. The Hall–Kier alpha value is -1.74. The van der Waals surface area contributed by atoms with E-state index in [4.69, 9.17) is 4.74 Å². The van der Waals surface area contributed by atoms with Crippen molar-refractivity contribution >= 4 is 22.0 Å². The van der Waals surface area contributed by atoms with Gasteiger partial charge in [-0.3, -0.25) is 9.69 Å². The predicted octanol–water partition coefficient (Wildman–Crippen LogP) is 1.10. The molecule has 1 amide bonds. The molecule has 8 heteroatoms. The standard InChI is InChI=1S/C19H29N3O4S/c1-20(10-6-15-26-2)17-19(23)21-11-13-22(14-12-21)27(24,25)16-9-18-7-4-3-5-8-18/h3-5,7-9,16H,6,10-15,17H2,1-2H3/b16-9+. The van der Waals surface area contributed by atoms with Gasteiger partial charge >= 0.3 is 0 Å². The van der Waals surface area contributed by atoms with Crippen molar-refractivity contribution in [2.24, 2.45) is 0 Å². The Labute approximate surface area is 162 Å². The first-order chi connectivity index (χ1) is 12.9. The first kappa shape index (κ1) is 21.6. The third kappa shape index (κ3) is 7.06. The number of methoxy groups -OCH3 is 1. The molecule has 1 aliphatic rings. The average molecular weight is 396 g/mol. The average Bonchev–Trinajstić information content (AvgIpc) is 2.67. The van der Waals surface area contributed by atoms with E-state index in [9.17, 15) is 13.2 Å². The molecule has 150 valence electrons. The molecule has 0 spiro atoms. The fourth-order valence-corrected chi connectivity index (χ4v) is 4.07. The Morgan fingerprint density at radius 2 is 1.85 bits per heavy atom. The minimum atomic E-state index is -3.48. The van der Waals surface area contributed by atoms with Crippen LogP contribution < -0.4 is 0 Å². The van der Waals surface area contributed by atoms with E-state index in [0.717, 1.165) is 18.5 Å². The largest absolute Gasteiger partial charge is 0.385 e. The Kier molecular flexibility index (Phi) is 8.43. The first-order valence-corrected chi connectivity index (χ1v) is 10.6. The number of sulfonamides is 1. The fraction of sp³-hybridized carbons (Fsp3) is 0.526. The van der Waals surface area contributed by atoms with Gasteiger partial charge in [0.15, 0.2) is 0 Å². The van der Waals surface area contributed by atoms with Crippen molar-refractivity contribution in [3.63, 3.8) is 0 Å². The molecule has 0 aromatic heterocycles. The van der Waals surface area contributed by atoms with Crippen LogP contribution >= 0.6 is 0 Å². The monoisotopic (exact) mass is 395 g/mol. The van der Waals surface area contributed by atoms with Gasteiger partial charge in [-0.2, -0.15) is 4.31 Å². The van der Waals surface area contributed by atoms with Crippen LogP contribution in [0.4, 0.5) is 0 Å². The molecule has 1 saturated heterocycles. The van der Waals surface area contributed by atoms with Crippen LogP contribution in [0.15, 0.2) is 35.7 Å². The summed E-state index contributed by atoms with van der Waals surface area (Å²) in [6.45, 7) is 3.28. The van der Waals surface area contributed by atoms with Crippen LogP contribution in [0, 0.1) is 0 Å². The van der Waals surface area contributed by atoms with Crippen LogP contribution in [0.2, 0.25) is 0 Å². The molecule has 0 aliphatic carbocycles. The van der Waals surface area contributed by atoms with Gasteiger partial charge in [-0.25, -0.2) is 8.42 Å².